The fraction of sp³-hybridized carbons (Fsp3) is 0.200. The van der Waals surface area contributed by atoms with Crippen LogP contribution >= 0.6 is 0 Å². The quantitative estimate of drug-likeness (QED) is 0.637. The van der Waals surface area contributed by atoms with Crippen molar-refractivity contribution in [2.45, 2.75) is 25.9 Å². The van der Waals surface area contributed by atoms with E-state index in [1.165, 1.54) is 31.2 Å². The molecule has 1 aromatic heterocycles. The van der Waals surface area contributed by atoms with Gasteiger partial charge in [-0.3, -0.25) is 14.4 Å². The van der Waals surface area contributed by atoms with E-state index in [2.05, 4.69) is 15.3 Å². The largest absolute Gasteiger partial charge is 0.453 e. The molecule has 144 valence electrons. The SMILES string of the molecule is C[C@H](OC(=O)CCc1nc2ccccc2c(=O)[nH]1)C(=O)Nc1ccc(F)cc1. The molecule has 3 aromatic rings. The standard InChI is InChI=1S/C20H18FN3O4/c1-12(19(26)22-14-8-6-13(21)7-9-14)28-18(25)11-10-17-23-16-5-3-2-4-15(16)20(27)24-17/h2-9,12H,10-11H2,1H3,(H,22,26)(H,23,24,27)/t12-/m0/s1. The molecule has 7 nitrogen and oxygen atoms in total. The molecule has 28 heavy (non-hydrogen) atoms. The van der Waals surface area contributed by atoms with Crippen molar-refractivity contribution in [1.82, 2.24) is 9.97 Å². The first-order chi connectivity index (χ1) is 13.4. The summed E-state index contributed by atoms with van der Waals surface area (Å²) in [6.45, 7) is 1.44. The highest BCUT2D eigenvalue weighted by molar-refractivity contribution is 5.95. The molecule has 8 heteroatoms. The molecule has 1 heterocycles. The van der Waals surface area contributed by atoms with E-state index in [-0.39, 0.29) is 18.4 Å². The molecular weight excluding hydrogens is 365 g/mol. The normalized spacial score (nSPS) is 11.8. The van der Waals surface area contributed by atoms with Gasteiger partial charge < -0.3 is 15.0 Å². The van der Waals surface area contributed by atoms with Gasteiger partial charge in [-0.2, -0.15) is 0 Å². The van der Waals surface area contributed by atoms with E-state index in [0.29, 0.717) is 22.4 Å². The number of aromatic nitrogens is 2. The Morgan fingerprint density at radius 3 is 2.64 bits per heavy atom. The molecule has 0 radical (unpaired) electrons. The molecule has 1 amide bonds. The summed E-state index contributed by atoms with van der Waals surface area (Å²) < 4.78 is 18.0. The molecule has 3 rings (SSSR count). The first-order valence-corrected chi connectivity index (χ1v) is 8.66. The van der Waals surface area contributed by atoms with Crippen molar-refractivity contribution in [2.24, 2.45) is 0 Å². The number of benzene rings is 2. The lowest BCUT2D eigenvalue weighted by molar-refractivity contribution is -0.153. The number of fused-ring (bicyclic) bond motifs is 1. The highest BCUT2D eigenvalue weighted by atomic mass is 19.1. The highest BCUT2D eigenvalue weighted by Crippen LogP contribution is 2.10. The number of aryl methyl sites for hydroxylation is 1. The second-order valence-electron chi connectivity index (χ2n) is 6.16. The summed E-state index contributed by atoms with van der Waals surface area (Å²) in [5.74, 6) is -1.18. The highest BCUT2D eigenvalue weighted by Gasteiger charge is 2.18. The third kappa shape index (κ3) is 4.79. The zero-order valence-electron chi connectivity index (χ0n) is 15.1. The molecule has 0 spiro atoms. The fourth-order valence-electron chi connectivity index (χ4n) is 2.56. The van der Waals surface area contributed by atoms with Gasteiger partial charge in [-0.05, 0) is 43.3 Å². The number of carbonyl (C=O) groups is 2. The number of hydrogen-bond donors (Lipinski definition) is 2. The lowest BCUT2D eigenvalue weighted by atomic mass is 10.2. The number of hydrogen-bond acceptors (Lipinski definition) is 5. The second-order valence-corrected chi connectivity index (χ2v) is 6.16. The lowest BCUT2D eigenvalue weighted by Gasteiger charge is -2.13. The van der Waals surface area contributed by atoms with Crippen LogP contribution in [-0.4, -0.2) is 27.9 Å². The molecule has 0 aliphatic rings. The average Bonchev–Trinajstić information content (AvgIpc) is 2.68. The van der Waals surface area contributed by atoms with Gasteiger partial charge in [0.2, 0.25) is 0 Å². The Balaban J connectivity index is 1.54. The Labute approximate surface area is 159 Å². The van der Waals surface area contributed by atoms with Gasteiger partial charge >= 0.3 is 5.97 Å². The van der Waals surface area contributed by atoms with Gasteiger partial charge in [0.25, 0.3) is 11.5 Å². The minimum Gasteiger partial charge on any atom is -0.453 e. The van der Waals surface area contributed by atoms with Gasteiger partial charge in [-0.15, -0.1) is 0 Å². The van der Waals surface area contributed by atoms with Gasteiger partial charge in [0.1, 0.15) is 11.6 Å². The number of nitrogens with one attached hydrogen (secondary N) is 2. The Kier molecular flexibility index (Phi) is 5.78. The van der Waals surface area contributed by atoms with Gasteiger partial charge in [0, 0.05) is 12.1 Å². The van der Waals surface area contributed by atoms with Crippen molar-refractivity contribution in [3.05, 3.63) is 70.5 Å². The molecule has 0 unspecified atom stereocenters. The molecule has 0 aliphatic heterocycles. The molecular formula is C20H18FN3O4. The van der Waals surface area contributed by atoms with Crippen molar-refractivity contribution < 1.29 is 18.7 Å². The third-order valence-corrected chi connectivity index (χ3v) is 4.02. The minimum atomic E-state index is -1.03. The van der Waals surface area contributed by atoms with Gasteiger partial charge in [0.05, 0.1) is 17.3 Å². The maximum atomic E-state index is 12.9. The predicted molar refractivity (Wildman–Crippen MR) is 101 cm³/mol. The van der Waals surface area contributed by atoms with Crippen LogP contribution in [0.3, 0.4) is 0 Å². The maximum Gasteiger partial charge on any atom is 0.307 e. The number of halogens is 1. The monoisotopic (exact) mass is 383 g/mol. The summed E-state index contributed by atoms with van der Waals surface area (Å²) in [5.41, 5.74) is 0.662. The van der Waals surface area contributed by atoms with Crippen LogP contribution in [0, 0.1) is 5.82 Å². The van der Waals surface area contributed by atoms with E-state index in [1.54, 1.807) is 24.3 Å². The molecule has 0 aliphatic carbocycles. The average molecular weight is 383 g/mol. The summed E-state index contributed by atoms with van der Waals surface area (Å²) in [7, 11) is 0. The number of esters is 1. The van der Waals surface area contributed by atoms with Crippen LogP contribution < -0.4 is 10.9 Å². The van der Waals surface area contributed by atoms with Crippen LogP contribution in [0.15, 0.2) is 53.3 Å². The van der Waals surface area contributed by atoms with Gasteiger partial charge in [-0.1, -0.05) is 12.1 Å². The Morgan fingerprint density at radius 2 is 1.89 bits per heavy atom. The number of anilines is 1. The van der Waals surface area contributed by atoms with E-state index < -0.39 is 23.8 Å². The van der Waals surface area contributed by atoms with Crippen LogP contribution in [0.25, 0.3) is 10.9 Å². The number of amides is 1. The zero-order chi connectivity index (χ0) is 20.1. The van der Waals surface area contributed by atoms with Gasteiger partial charge in [-0.25, -0.2) is 9.37 Å². The minimum absolute atomic E-state index is 0.0462. The van der Waals surface area contributed by atoms with Crippen molar-refractivity contribution in [1.29, 1.82) is 0 Å². The summed E-state index contributed by atoms with van der Waals surface area (Å²) >= 11 is 0. The zero-order valence-corrected chi connectivity index (χ0v) is 15.1. The van der Waals surface area contributed by atoms with Crippen molar-refractivity contribution >= 4 is 28.5 Å². The smallest absolute Gasteiger partial charge is 0.307 e. The Morgan fingerprint density at radius 1 is 1.18 bits per heavy atom. The van der Waals surface area contributed by atoms with Gasteiger partial charge in [0.15, 0.2) is 6.10 Å². The molecule has 0 fully saturated rings. The van der Waals surface area contributed by atoms with Crippen LogP contribution in [0.1, 0.15) is 19.2 Å². The molecule has 2 N–H and O–H groups in total. The van der Waals surface area contributed by atoms with Crippen molar-refractivity contribution in [3.63, 3.8) is 0 Å². The first kappa shape index (κ1) is 19.2. The lowest BCUT2D eigenvalue weighted by Crippen LogP contribution is -2.30. The molecule has 0 bridgehead atoms. The fourth-order valence-corrected chi connectivity index (χ4v) is 2.56. The van der Waals surface area contributed by atoms with Crippen LogP contribution in [0.2, 0.25) is 0 Å². The van der Waals surface area contributed by atoms with Crippen LogP contribution in [-0.2, 0) is 20.7 Å². The molecule has 2 aromatic carbocycles. The summed E-state index contributed by atoms with van der Waals surface area (Å²) in [6, 6.07) is 12.1. The second kappa shape index (κ2) is 8.43. The summed E-state index contributed by atoms with van der Waals surface area (Å²) in [4.78, 5) is 43.0. The molecule has 0 saturated carbocycles. The number of para-hydroxylation sites is 1. The van der Waals surface area contributed by atoms with E-state index in [4.69, 9.17) is 4.74 Å². The Bertz CT molecular complexity index is 1060. The van der Waals surface area contributed by atoms with E-state index in [1.807, 2.05) is 0 Å². The number of rotatable bonds is 6. The van der Waals surface area contributed by atoms with E-state index in [0.717, 1.165) is 0 Å². The Hall–Kier alpha value is -3.55. The molecule has 1 atom stereocenters. The van der Waals surface area contributed by atoms with E-state index in [9.17, 15) is 18.8 Å². The van der Waals surface area contributed by atoms with Crippen LogP contribution in [0.5, 0.6) is 0 Å². The van der Waals surface area contributed by atoms with Crippen LogP contribution in [0.4, 0.5) is 10.1 Å². The number of aromatic amines is 1. The van der Waals surface area contributed by atoms with E-state index >= 15 is 0 Å². The third-order valence-electron chi connectivity index (χ3n) is 4.02. The number of carbonyl (C=O) groups excluding carboxylic acids is 2. The number of nitrogens with zero attached hydrogens (tertiary/aromatic N) is 1. The van der Waals surface area contributed by atoms with Crippen molar-refractivity contribution in [3.8, 4) is 0 Å². The first-order valence-electron chi connectivity index (χ1n) is 8.66. The topological polar surface area (TPSA) is 101 Å². The predicted octanol–water partition coefficient (Wildman–Crippen LogP) is 2.57. The number of H-pyrrole nitrogens is 1. The molecule has 0 saturated heterocycles. The van der Waals surface area contributed by atoms with Crippen molar-refractivity contribution in [2.75, 3.05) is 5.32 Å². The number of ether oxygens (including phenoxy) is 1. The maximum absolute atomic E-state index is 12.9. The summed E-state index contributed by atoms with van der Waals surface area (Å²) in [5, 5.41) is 3.01. The summed E-state index contributed by atoms with van der Waals surface area (Å²) in [6.07, 6.45) is -0.901.